The minimum Gasteiger partial charge on any atom is -0.330 e. The van der Waals surface area contributed by atoms with Gasteiger partial charge in [0.1, 0.15) is 0 Å². The number of rotatable bonds is 6. The van der Waals surface area contributed by atoms with Crippen molar-refractivity contribution in [2.45, 2.75) is 25.3 Å². The van der Waals surface area contributed by atoms with Crippen LogP contribution in [-0.4, -0.2) is 11.5 Å². The fourth-order valence-corrected chi connectivity index (χ4v) is 1.52. The van der Waals surface area contributed by atoms with E-state index in [1.807, 2.05) is 0 Å². The molecule has 0 aliphatic heterocycles. The topological polar surface area (TPSA) is 95.2 Å². The monoisotopic (exact) mass is 223 g/mol. The molecular weight excluding hydrogens is 206 g/mol. The number of nitrogens with two attached hydrogens (primary N) is 2. The summed E-state index contributed by atoms with van der Waals surface area (Å²) in [5.74, 6) is 0. The molecule has 0 fully saturated rings. The van der Waals surface area contributed by atoms with E-state index >= 15 is 0 Å². The van der Waals surface area contributed by atoms with Crippen LogP contribution in [0.2, 0.25) is 0 Å². The molecule has 0 saturated carbocycles. The van der Waals surface area contributed by atoms with Crippen LogP contribution in [0.5, 0.6) is 0 Å². The van der Waals surface area contributed by atoms with Crippen molar-refractivity contribution in [1.82, 2.24) is 0 Å². The van der Waals surface area contributed by atoms with Gasteiger partial charge in [-0.15, -0.1) is 0 Å². The van der Waals surface area contributed by atoms with Crippen LogP contribution in [-0.2, 0) is 0 Å². The summed E-state index contributed by atoms with van der Waals surface area (Å²) in [4.78, 5) is 10.0. The number of hydrogen-bond acceptors (Lipinski definition) is 4. The van der Waals surface area contributed by atoms with Crippen LogP contribution in [0.15, 0.2) is 24.3 Å². The van der Waals surface area contributed by atoms with Gasteiger partial charge in [0, 0.05) is 18.2 Å². The Hall–Kier alpha value is -1.46. The third-order valence-electron chi connectivity index (χ3n) is 2.50. The van der Waals surface area contributed by atoms with Crippen LogP contribution >= 0.6 is 0 Å². The van der Waals surface area contributed by atoms with Crippen molar-refractivity contribution < 1.29 is 4.92 Å². The highest BCUT2D eigenvalue weighted by Gasteiger charge is 2.08. The molecule has 0 saturated heterocycles. The molecule has 0 aliphatic rings. The van der Waals surface area contributed by atoms with Crippen LogP contribution in [0, 0.1) is 10.1 Å². The van der Waals surface area contributed by atoms with Crippen molar-refractivity contribution in [2.24, 2.45) is 11.5 Å². The Balaban J connectivity index is 2.56. The van der Waals surface area contributed by atoms with Crippen LogP contribution in [0.25, 0.3) is 0 Å². The third kappa shape index (κ3) is 3.60. The molecule has 1 aromatic carbocycles. The molecule has 4 N–H and O–H groups in total. The highest BCUT2D eigenvalue weighted by atomic mass is 16.6. The smallest absolute Gasteiger partial charge is 0.269 e. The van der Waals surface area contributed by atoms with Gasteiger partial charge in [-0.3, -0.25) is 10.1 Å². The zero-order valence-electron chi connectivity index (χ0n) is 9.13. The van der Waals surface area contributed by atoms with E-state index in [2.05, 4.69) is 0 Å². The first-order valence-electron chi connectivity index (χ1n) is 5.35. The summed E-state index contributed by atoms with van der Waals surface area (Å²) < 4.78 is 0. The second-order valence-electron chi connectivity index (χ2n) is 3.74. The normalized spacial score (nSPS) is 12.4. The van der Waals surface area contributed by atoms with Crippen molar-refractivity contribution in [1.29, 1.82) is 0 Å². The molecule has 0 amide bonds. The molecule has 1 aromatic rings. The molecule has 1 atom stereocenters. The molecule has 0 bridgehead atoms. The summed E-state index contributed by atoms with van der Waals surface area (Å²) in [7, 11) is 0. The minimum atomic E-state index is -0.413. The number of hydrogen-bond donors (Lipinski definition) is 2. The van der Waals surface area contributed by atoms with Gasteiger partial charge in [0.2, 0.25) is 0 Å². The van der Waals surface area contributed by atoms with E-state index in [4.69, 9.17) is 11.5 Å². The predicted octanol–water partition coefficient (Wildman–Crippen LogP) is 1.72. The lowest BCUT2D eigenvalue weighted by atomic mass is 10.0. The maximum atomic E-state index is 10.5. The third-order valence-corrected chi connectivity index (χ3v) is 2.50. The number of unbranched alkanes of at least 4 members (excludes halogenated alkanes) is 1. The molecule has 0 heterocycles. The van der Waals surface area contributed by atoms with Gasteiger partial charge < -0.3 is 11.5 Å². The van der Waals surface area contributed by atoms with Gasteiger partial charge in [0.15, 0.2) is 0 Å². The average molecular weight is 223 g/mol. The SMILES string of the molecule is NCCCC[C@H](N)c1ccc([N+](=O)[O-])cc1. The highest BCUT2D eigenvalue weighted by molar-refractivity contribution is 5.34. The molecule has 1 rings (SSSR count). The summed E-state index contributed by atoms with van der Waals surface area (Å²) in [5.41, 5.74) is 12.4. The van der Waals surface area contributed by atoms with E-state index in [1.54, 1.807) is 12.1 Å². The first kappa shape index (κ1) is 12.6. The van der Waals surface area contributed by atoms with Gasteiger partial charge in [-0.2, -0.15) is 0 Å². The lowest BCUT2D eigenvalue weighted by molar-refractivity contribution is -0.384. The maximum Gasteiger partial charge on any atom is 0.269 e. The lowest BCUT2D eigenvalue weighted by Crippen LogP contribution is -2.11. The molecule has 0 spiro atoms. The Kier molecular flexibility index (Phi) is 4.88. The molecule has 5 heteroatoms. The molecule has 0 aliphatic carbocycles. The van der Waals surface area contributed by atoms with Crippen molar-refractivity contribution in [3.8, 4) is 0 Å². The molecular formula is C11H17N3O2. The fraction of sp³-hybridized carbons (Fsp3) is 0.455. The van der Waals surface area contributed by atoms with E-state index < -0.39 is 4.92 Å². The van der Waals surface area contributed by atoms with Crippen LogP contribution in [0.1, 0.15) is 30.9 Å². The Morgan fingerprint density at radius 3 is 2.38 bits per heavy atom. The van der Waals surface area contributed by atoms with Gasteiger partial charge in [-0.05, 0) is 24.9 Å². The Morgan fingerprint density at radius 1 is 1.25 bits per heavy atom. The standard InChI is InChI=1S/C11H17N3O2/c12-8-2-1-3-11(13)9-4-6-10(7-5-9)14(15)16/h4-7,11H,1-3,8,12-13H2/t11-/m0/s1. The quantitative estimate of drug-likeness (QED) is 0.436. The van der Waals surface area contributed by atoms with E-state index in [9.17, 15) is 10.1 Å². The van der Waals surface area contributed by atoms with Crippen molar-refractivity contribution in [3.05, 3.63) is 39.9 Å². The Bertz CT molecular complexity index is 338. The van der Waals surface area contributed by atoms with E-state index in [0.29, 0.717) is 6.54 Å². The van der Waals surface area contributed by atoms with Gasteiger partial charge in [-0.25, -0.2) is 0 Å². The van der Waals surface area contributed by atoms with Crippen LogP contribution in [0.4, 0.5) is 5.69 Å². The minimum absolute atomic E-state index is 0.0626. The highest BCUT2D eigenvalue weighted by Crippen LogP contribution is 2.19. The maximum absolute atomic E-state index is 10.5. The summed E-state index contributed by atoms with van der Waals surface area (Å²) >= 11 is 0. The van der Waals surface area contributed by atoms with Crippen molar-refractivity contribution in [2.75, 3.05) is 6.54 Å². The van der Waals surface area contributed by atoms with Crippen LogP contribution in [0.3, 0.4) is 0 Å². The number of nitro groups is 1. The summed E-state index contributed by atoms with van der Waals surface area (Å²) in [6, 6.07) is 6.33. The van der Waals surface area contributed by atoms with Gasteiger partial charge in [-0.1, -0.05) is 18.6 Å². The second kappa shape index (κ2) is 6.19. The predicted molar refractivity (Wildman–Crippen MR) is 62.9 cm³/mol. The molecule has 88 valence electrons. The molecule has 5 nitrogen and oxygen atoms in total. The fourth-order valence-electron chi connectivity index (χ4n) is 1.52. The number of benzene rings is 1. The van der Waals surface area contributed by atoms with Gasteiger partial charge in [0.25, 0.3) is 5.69 Å². The summed E-state index contributed by atoms with van der Waals surface area (Å²) in [6.07, 6.45) is 2.80. The molecule has 16 heavy (non-hydrogen) atoms. The number of nitro benzene ring substituents is 1. The van der Waals surface area contributed by atoms with E-state index in [1.165, 1.54) is 12.1 Å². The average Bonchev–Trinajstić information content (AvgIpc) is 2.29. The first-order valence-corrected chi connectivity index (χ1v) is 5.35. The Morgan fingerprint density at radius 2 is 1.88 bits per heavy atom. The van der Waals surface area contributed by atoms with Gasteiger partial charge >= 0.3 is 0 Å². The summed E-state index contributed by atoms with van der Waals surface area (Å²) in [5, 5.41) is 10.5. The second-order valence-corrected chi connectivity index (χ2v) is 3.74. The zero-order valence-corrected chi connectivity index (χ0v) is 9.13. The largest absolute Gasteiger partial charge is 0.330 e. The van der Waals surface area contributed by atoms with E-state index in [-0.39, 0.29) is 11.7 Å². The van der Waals surface area contributed by atoms with Crippen molar-refractivity contribution >= 4 is 5.69 Å². The van der Waals surface area contributed by atoms with Crippen molar-refractivity contribution in [3.63, 3.8) is 0 Å². The van der Waals surface area contributed by atoms with Gasteiger partial charge in [0.05, 0.1) is 4.92 Å². The summed E-state index contributed by atoms with van der Waals surface area (Å²) in [6.45, 7) is 0.674. The van der Waals surface area contributed by atoms with Crippen LogP contribution < -0.4 is 11.5 Å². The molecule has 0 aromatic heterocycles. The Labute approximate surface area is 94.6 Å². The lowest BCUT2D eigenvalue weighted by Gasteiger charge is -2.11. The molecule has 0 unspecified atom stereocenters. The first-order chi connectivity index (χ1) is 7.65. The molecule has 0 radical (unpaired) electrons. The zero-order chi connectivity index (χ0) is 12.0. The number of non-ortho nitro benzene ring substituents is 1. The number of nitrogens with zero attached hydrogens (tertiary/aromatic N) is 1. The van der Waals surface area contributed by atoms with E-state index in [0.717, 1.165) is 24.8 Å².